The van der Waals surface area contributed by atoms with Gasteiger partial charge in [0.1, 0.15) is 6.61 Å². The topological polar surface area (TPSA) is 52.3 Å². The molecule has 0 aromatic heterocycles. The summed E-state index contributed by atoms with van der Waals surface area (Å²) in [5, 5.41) is 0. The van der Waals surface area contributed by atoms with Gasteiger partial charge in [0.15, 0.2) is 0 Å². The summed E-state index contributed by atoms with van der Waals surface area (Å²) in [7, 11) is 0. The van der Waals surface area contributed by atoms with E-state index < -0.39 is 0 Å². The Bertz CT molecular complexity index is 102. The number of hydrogen-bond acceptors (Lipinski definition) is 3. The standard InChI is InChI=1S/C7H15NO2/c1-6(2)5-7(9)10-4-3-8/h6H,3-5,8H2,1-2H3. The van der Waals surface area contributed by atoms with Gasteiger partial charge >= 0.3 is 5.97 Å². The minimum absolute atomic E-state index is 0.152. The average Bonchev–Trinajstić information content (AvgIpc) is 1.82. The molecule has 0 aliphatic carbocycles. The van der Waals surface area contributed by atoms with Gasteiger partial charge in [-0.05, 0) is 5.92 Å². The van der Waals surface area contributed by atoms with Crippen molar-refractivity contribution in [1.29, 1.82) is 0 Å². The second-order valence-corrected chi connectivity index (χ2v) is 2.61. The summed E-state index contributed by atoms with van der Waals surface area (Å²) in [4.78, 5) is 10.7. The summed E-state index contributed by atoms with van der Waals surface area (Å²) < 4.78 is 4.74. The predicted octanol–water partition coefficient (Wildman–Crippen LogP) is 0.534. The number of ether oxygens (including phenoxy) is 1. The van der Waals surface area contributed by atoms with E-state index in [1.54, 1.807) is 0 Å². The third-order valence-electron chi connectivity index (χ3n) is 0.956. The molecule has 0 heterocycles. The number of nitrogens with two attached hydrogens (primary N) is 1. The number of carbonyl (C=O) groups is 1. The summed E-state index contributed by atoms with van der Waals surface area (Å²) >= 11 is 0. The maximum Gasteiger partial charge on any atom is 0.306 e. The highest BCUT2D eigenvalue weighted by Gasteiger charge is 2.03. The molecule has 60 valence electrons. The zero-order valence-electron chi connectivity index (χ0n) is 6.59. The average molecular weight is 145 g/mol. The van der Waals surface area contributed by atoms with Gasteiger partial charge < -0.3 is 10.5 Å². The van der Waals surface area contributed by atoms with E-state index in [1.165, 1.54) is 0 Å². The monoisotopic (exact) mass is 145 g/mol. The van der Waals surface area contributed by atoms with Gasteiger partial charge in [0, 0.05) is 13.0 Å². The first-order valence-corrected chi connectivity index (χ1v) is 3.52. The van der Waals surface area contributed by atoms with Crippen LogP contribution in [-0.4, -0.2) is 19.1 Å². The van der Waals surface area contributed by atoms with E-state index in [2.05, 4.69) is 0 Å². The van der Waals surface area contributed by atoms with Crippen molar-refractivity contribution in [3.8, 4) is 0 Å². The Kier molecular flexibility index (Phi) is 4.94. The van der Waals surface area contributed by atoms with E-state index in [4.69, 9.17) is 10.5 Å². The lowest BCUT2D eigenvalue weighted by molar-refractivity contribution is -0.144. The highest BCUT2D eigenvalue weighted by molar-refractivity contribution is 5.69. The van der Waals surface area contributed by atoms with Crippen LogP contribution >= 0.6 is 0 Å². The number of hydrogen-bond donors (Lipinski definition) is 1. The SMILES string of the molecule is CC(C)CC(=O)OCCN. The van der Waals surface area contributed by atoms with Gasteiger partial charge in [-0.25, -0.2) is 0 Å². The van der Waals surface area contributed by atoms with Crippen molar-refractivity contribution in [2.24, 2.45) is 11.7 Å². The molecule has 2 N–H and O–H groups in total. The fraction of sp³-hybridized carbons (Fsp3) is 0.857. The van der Waals surface area contributed by atoms with Crippen molar-refractivity contribution in [2.75, 3.05) is 13.2 Å². The van der Waals surface area contributed by atoms with Gasteiger partial charge in [-0.15, -0.1) is 0 Å². The summed E-state index contributed by atoms with van der Waals surface area (Å²) in [6, 6.07) is 0. The molecule has 0 saturated carbocycles. The van der Waals surface area contributed by atoms with E-state index in [0.29, 0.717) is 25.5 Å². The van der Waals surface area contributed by atoms with Gasteiger partial charge in [0.2, 0.25) is 0 Å². The Labute approximate surface area is 61.5 Å². The maximum absolute atomic E-state index is 10.7. The number of esters is 1. The van der Waals surface area contributed by atoms with Crippen molar-refractivity contribution in [1.82, 2.24) is 0 Å². The van der Waals surface area contributed by atoms with E-state index in [9.17, 15) is 4.79 Å². The number of rotatable bonds is 4. The molecule has 0 aromatic carbocycles. The van der Waals surface area contributed by atoms with E-state index >= 15 is 0 Å². The zero-order chi connectivity index (χ0) is 7.98. The number of carbonyl (C=O) groups excluding carboxylic acids is 1. The summed E-state index contributed by atoms with van der Waals surface area (Å²) in [6.45, 7) is 4.70. The fourth-order valence-electron chi connectivity index (χ4n) is 0.565. The van der Waals surface area contributed by atoms with E-state index in [-0.39, 0.29) is 5.97 Å². The highest BCUT2D eigenvalue weighted by atomic mass is 16.5. The zero-order valence-corrected chi connectivity index (χ0v) is 6.59. The molecule has 0 aliphatic rings. The van der Waals surface area contributed by atoms with E-state index in [0.717, 1.165) is 0 Å². The van der Waals surface area contributed by atoms with Gasteiger partial charge in [-0.1, -0.05) is 13.8 Å². The van der Waals surface area contributed by atoms with Gasteiger partial charge in [0.25, 0.3) is 0 Å². The molecule has 10 heavy (non-hydrogen) atoms. The van der Waals surface area contributed by atoms with Crippen LogP contribution in [0.3, 0.4) is 0 Å². The fourth-order valence-corrected chi connectivity index (χ4v) is 0.565. The van der Waals surface area contributed by atoms with Crippen molar-refractivity contribution in [2.45, 2.75) is 20.3 Å². The van der Waals surface area contributed by atoms with Crippen LogP contribution in [0.1, 0.15) is 20.3 Å². The Hall–Kier alpha value is -0.570. The summed E-state index contributed by atoms with van der Waals surface area (Å²) in [5.74, 6) is 0.214. The largest absolute Gasteiger partial charge is 0.464 e. The van der Waals surface area contributed by atoms with Gasteiger partial charge in [-0.2, -0.15) is 0 Å². The lowest BCUT2D eigenvalue weighted by Crippen LogP contribution is -2.14. The molecular weight excluding hydrogens is 130 g/mol. The Morgan fingerprint density at radius 3 is 2.60 bits per heavy atom. The minimum Gasteiger partial charge on any atom is -0.464 e. The maximum atomic E-state index is 10.7. The van der Waals surface area contributed by atoms with Gasteiger partial charge in [0.05, 0.1) is 0 Å². The molecule has 0 atom stereocenters. The first-order valence-electron chi connectivity index (χ1n) is 3.52. The van der Waals surface area contributed by atoms with Gasteiger partial charge in [-0.3, -0.25) is 4.79 Å². The third kappa shape index (κ3) is 5.56. The smallest absolute Gasteiger partial charge is 0.306 e. The minimum atomic E-state index is -0.152. The molecule has 0 spiro atoms. The van der Waals surface area contributed by atoms with E-state index in [1.807, 2.05) is 13.8 Å². The van der Waals surface area contributed by atoms with Crippen molar-refractivity contribution in [3.63, 3.8) is 0 Å². The molecule has 3 heteroatoms. The second kappa shape index (κ2) is 5.23. The molecule has 0 aliphatic heterocycles. The van der Waals surface area contributed by atoms with Crippen LogP contribution < -0.4 is 5.73 Å². The van der Waals surface area contributed by atoms with Crippen molar-refractivity contribution >= 4 is 5.97 Å². The Balaban J connectivity index is 3.26. The Morgan fingerprint density at radius 2 is 2.20 bits per heavy atom. The Morgan fingerprint density at radius 1 is 1.60 bits per heavy atom. The molecule has 0 amide bonds. The van der Waals surface area contributed by atoms with Crippen LogP contribution in [0.2, 0.25) is 0 Å². The molecule has 0 rings (SSSR count). The highest BCUT2D eigenvalue weighted by Crippen LogP contribution is 1.99. The first-order chi connectivity index (χ1) is 4.66. The van der Waals surface area contributed by atoms with Crippen LogP contribution in [0.5, 0.6) is 0 Å². The van der Waals surface area contributed by atoms with Crippen LogP contribution in [0, 0.1) is 5.92 Å². The molecule has 0 saturated heterocycles. The van der Waals surface area contributed by atoms with Crippen LogP contribution in [0.4, 0.5) is 0 Å². The molecule has 3 nitrogen and oxygen atoms in total. The lowest BCUT2D eigenvalue weighted by atomic mass is 10.1. The first kappa shape index (κ1) is 9.43. The second-order valence-electron chi connectivity index (χ2n) is 2.61. The summed E-state index contributed by atoms with van der Waals surface area (Å²) in [6.07, 6.45) is 0.486. The van der Waals surface area contributed by atoms with Crippen LogP contribution in [0.25, 0.3) is 0 Å². The molecule has 0 radical (unpaired) electrons. The van der Waals surface area contributed by atoms with Crippen LogP contribution in [-0.2, 0) is 9.53 Å². The molecule has 0 fully saturated rings. The molecule has 0 aromatic rings. The lowest BCUT2D eigenvalue weighted by Gasteiger charge is -2.03. The predicted molar refractivity (Wildman–Crippen MR) is 39.5 cm³/mol. The molecule has 0 bridgehead atoms. The normalized spacial score (nSPS) is 10.0. The molecule has 0 unspecified atom stereocenters. The van der Waals surface area contributed by atoms with Crippen LogP contribution in [0.15, 0.2) is 0 Å². The molecular formula is C7H15NO2. The quantitative estimate of drug-likeness (QED) is 0.587. The van der Waals surface area contributed by atoms with Crippen molar-refractivity contribution < 1.29 is 9.53 Å². The third-order valence-corrected chi connectivity index (χ3v) is 0.956. The summed E-state index contributed by atoms with van der Waals surface area (Å²) in [5.41, 5.74) is 5.13. The van der Waals surface area contributed by atoms with Crippen molar-refractivity contribution in [3.05, 3.63) is 0 Å².